The van der Waals surface area contributed by atoms with Crippen LogP contribution in [0.15, 0.2) is 36.4 Å². The Morgan fingerprint density at radius 3 is 2.33 bits per heavy atom. The molecule has 1 aliphatic rings. The molecule has 3 rings (SSSR count). The maximum atomic E-state index is 4.87. The van der Waals surface area contributed by atoms with Crippen LogP contribution < -0.4 is 5.32 Å². The van der Waals surface area contributed by atoms with Crippen molar-refractivity contribution in [1.82, 2.24) is 9.97 Å². The van der Waals surface area contributed by atoms with E-state index in [9.17, 15) is 0 Å². The Kier molecular flexibility index (Phi) is 4.49. The van der Waals surface area contributed by atoms with Crippen LogP contribution >= 0.6 is 0 Å². The average Bonchev–Trinajstić information content (AvgIpc) is 2.84. The van der Waals surface area contributed by atoms with E-state index in [1.807, 2.05) is 19.2 Å². The van der Waals surface area contributed by atoms with Gasteiger partial charge >= 0.3 is 0 Å². The zero-order chi connectivity index (χ0) is 14.5. The van der Waals surface area contributed by atoms with Crippen LogP contribution in [-0.4, -0.2) is 17.0 Å². The molecule has 0 spiro atoms. The summed E-state index contributed by atoms with van der Waals surface area (Å²) in [7, 11) is 1.92. The van der Waals surface area contributed by atoms with Gasteiger partial charge in [-0.25, -0.2) is 9.97 Å². The van der Waals surface area contributed by atoms with Crippen molar-refractivity contribution in [2.75, 3.05) is 12.4 Å². The summed E-state index contributed by atoms with van der Waals surface area (Å²) in [5.41, 5.74) is 2.18. The highest BCUT2D eigenvalue weighted by molar-refractivity contribution is 5.62. The van der Waals surface area contributed by atoms with Crippen LogP contribution in [0.1, 0.15) is 50.3 Å². The molecule has 3 heteroatoms. The van der Waals surface area contributed by atoms with Crippen molar-refractivity contribution in [3.63, 3.8) is 0 Å². The molecule has 1 saturated carbocycles. The minimum atomic E-state index is 0.517. The van der Waals surface area contributed by atoms with E-state index in [-0.39, 0.29) is 0 Å². The van der Waals surface area contributed by atoms with Crippen LogP contribution in [0.5, 0.6) is 0 Å². The van der Waals surface area contributed by atoms with E-state index in [1.165, 1.54) is 38.5 Å². The van der Waals surface area contributed by atoms with Gasteiger partial charge in [0.25, 0.3) is 0 Å². The molecule has 1 fully saturated rings. The summed E-state index contributed by atoms with van der Waals surface area (Å²) in [4.78, 5) is 9.59. The lowest BCUT2D eigenvalue weighted by Gasteiger charge is -2.15. The summed E-state index contributed by atoms with van der Waals surface area (Å²) in [6.45, 7) is 0. The Bertz CT molecular complexity index is 572. The number of nitrogens with one attached hydrogen (secondary N) is 1. The van der Waals surface area contributed by atoms with Gasteiger partial charge < -0.3 is 5.32 Å². The van der Waals surface area contributed by atoms with Crippen molar-refractivity contribution < 1.29 is 0 Å². The Morgan fingerprint density at radius 1 is 0.952 bits per heavy atom. The van der Waals surface area contributed by atoms with Gasteiger partial charge in [0, 0.05) is 24.6 Å². The molecule has 0 saturated heterocycles. The molecule has 1 N–H and O–H groups in total. The van der Waals surface area contributed by atoms with E-state index in [2.05, 4.69) is 29.6 Å². The standard InChI is InChI=1S/C18H23N3/c1-19-17-13-16(14-9-7-4-8-10-14)20-18(21-17)15-11-5-2-3-6-12-15/h4,7-10,13,15H,2-3,5-6,11-12H2,1H3,(H,19,20,21). The molecule has 1 aliphatic carbocycles. The quantitative estimate of drug-likeness (QED) is 0.834. The Balaban J connectivity index is 1.96. The maximum Gasteiger partial charge on any atom is 0.134 e. The average molecular weight is 281 g/mol. The molecular formula is C18H23N3. The van der Waals surface area contributed by atoms with Gasteiger partial charge in [0.05, 0.1) is 5.69 Å². The van der Waals surface area contributed by atoms with Gasteiger partial charge in [-0.2, -0.15) is 0 Å². The lowest BCUT2D eigenvalue weighted by atomic mass is 9.99. The zero-order valence-electron chi connectivity index (χ0n) is 12.7. The molecule has 0 amide bonds. The monoisotopic (exact) mass is 281 g/mol. The maximum absolute atomic E-state index is 4.87. The van der Waals surface area contributed by atoms with Crippen LogP contribution in [0.3, 0.4) is 0 Å². The summed E-state index contributed by atoms with van der Waals surface area (Å²) in [6.07, 6.45) is 7.77. The van der Waals surface area contributed by atoms with E-state index >= 15 is 0 Å². The first kappa shape index (κ1) is 14.1. The highest BCUT2D eigenvalue weighted by Crippen LogP contribution is 2.31. The van der Waals surface area contributed by atoms with Crippen LogP contribution in [0.4, 0.5) is 5.82 Å². The third kappa shape index (κ3) is 3.41. The summed E-state index contributed by atoms with van der Waals surface area (Å²) < 4.78 is 0. The molecule has 0 unspecified atom stereocenters. The van der Waals surface area contributed by atoms with Crippen molar-refractivity contribution in [2.45, 2.75) is 44.4 Å². The normalized spacial score (nSPS) is 16.4. The van der Waals surface area contributed by atoms with Crippen LogP contribution in [-0.2, 0) is 0 Å². The van der Waals surface area contributed by atoms with Gasteiger partial charge in [-0.1, -0.05) is 56.0 Å². The van der Waals surface area contributed by atoms with Crippen LogP contribution in [0, 0.1) is 0 Å². The van der Waals surface area contributed by atoms with E-state index in [0.29, 0.717) is 5.92 Å². The van der Waals surface area contributed by atoms with E-state index < -0.39 is 0 Å². The van der Waals surface area contributed by atoms with Crippen molar-refractivity contribution in [3.8, 4) is 11.3 Å². The number of hydrogen-bond donors (Lipinski definition) is 1. The third-order valence-corrected chi connectivity index (χ3v) is 4.29. The molecule has 2 aromatic rings. The molecule has 3 nitrogen and oxygen atoms in total. The molecule has 21 heavy (non-hydrogen) atoms. The predicted molar refractivity (Wildman–Crippen MR) is 87.5 cm³/mol. The number of anilines is 1. The molecule has 1 heterocycles. The van der Waals surface area contributed by atoms with Crippen LogP contribution in [0.25, 0.3) is 11.3 Å². The second-order valence-corrected chi connectivity index (χ2v) is 5.80. The van der Waals surface area contributed by atoms with E-state index in [0.717, 1.165) is 22.9 Å². The fourth-order valence-corrected chi connectivity index (χ4v) is 3.07. The van der Waals surface area contributed by atoms with Gasteiger partial charge in [0.15, 0.2) is 0 Å². The van der Waals surface area contributed by atoms with Gasteiger partial charge in [-0.15, -0.1) is 0 Å². The topological polar surface area (TPSA) is 37.8 Å². The Hall–Kier alpha value is -1.90. The molecular weight excluding hydrogens is 258 g/mol. The third-order valence-electron chi connectivity index (χ3n) is 4.29. The molecule has 0 atom stereocenters. The molecule has 110 valence electrons. The molecule has 0 bridgehead atoms. The smallest absolute Gasteiger partial charge is 0.134 e. The fourth-order valence-electron chi connectivity index (χ4n) is 3.07. The molecule has 0 aliphatic heterocycles. The number of hydrogen-bond acceptors (Lipinski definition) is 3. The summed E-state index contributed by atoms with van der Waals surface area (Å²) in [5, 5.41) is 3.18. The summed E-state index contributed by atoms with van der Waals surface area (Å²) >= 11 is 0. The minimum absolute atomic E-state index is 0.517. The second-order valence-electron chi connectivity index (χ2n) is 5.80. The molecule has 1 aromatic heterocycles. The van der Waals surface area contributed by atoms with E-state index in [4.69, 9.17) is 9.97 Å². The number of nitrogens with zero attached hydrogens (tertiary/aromatic N) is 2. The van der Waals surface area contributed by atoms with Crippen molar-refractivity contribution in [2.24, 2.45) is 0 Å². The van der Waals surface area contributed by atoms with Crippen LogP contribution in [0.2, 0.25) is 0 Å². The lowest BCUT2D eigenvalue weighted by Crippen LogP contribution is -2.07. The minimum Gasteiger partial charge on any atom is -0.373 e. The first-order valence-electron chi connectivity index (χ1n) is 7.99. The highest BCUT2D eigenvalue weighted by Gasteiger charge is 2.18. The van der Waals surface area contributed by atoms with Gasteiger partial charge in [-0.05, 0) is 12.8 Å². The Morgan fingerprint density at radius 2 is 1.67 bits per heavy atom. The fraction of sp³-hybridized carbons (Fsp3) is 0.444. The SMILES string of the molecule is CNc1cc(-c2ccccc2)nc(C2CCCCCC2)n1. The second kappa shape index (κ2) is 6.70. The van der Waals surface area contributed by atoms with Crippen molar-refractivity contribution in [3.05, 3.63) is 42.2 Å². The summed E-state index contributed by atoms with van der Waals surface area (Å²) in [6, 6.07) is 12.4. The van der Waals surface area contributed by atoms with E-state index in [1.54, 1.807) is 0 Å². The van der Waals surface area contributed by atoms with Crippen molar-refractivity contribution >= 4 is 5.82 Å². The van der Waals surface area contributed by atoms with Gasteiger partial charge in [-0.3, -0.25) is 0 Å². The summed E-state index contributed by atoms with van der Waals surface area (Å²) in [5.74, 6) is 2.45. The zero-order valence-corrected chi connectivity index (χ0v) is 12.7. The number of aromatic nitrogens is 2. The van der Waals surface area contributed by atoms with Gasteiger partial charge in [0.1, 0.15) is 11.6 Å². The Labute approximate surface area is 126 Å². The molecule has 1 aromatic carbocycles. The predicted octanol–water partition coefficient (Wildman–Crippen LogP) is 4.62. The first-order chi connectivity index (χ1) is 10.4. The lowest BCUT2D eigenvalue weighted by molar-refractivity contribution is 0.561. The largest absolute Gasteiger partial charge is 0.373 e. The first-order valence-corrected chi connectivity index (χ1v) is 7.99. The molecule has 0 radical (unpaired) electrons. The number of benzene rings is 1. The van der Waals surface area contributed by atoms with Gasteiger partial charge in [0.2, 0.25) is 0 Å². The van der Waals surface area contributed by atoms with Crippen molar-refractivity contribution in [1.29, 1.82) is 0 Å². The number of rotatable bonds is 3. The highest BCUT2D eigenvalue weighted by atomic mass is 15.0.